The van der Waals surface area contributed by atoms with Crippen molar-refractivity contribution in [2.45, 2.75) is 32.8 Å². The lowest BCUT2D eigenvalue weighted by molar-refractivity contribution is -0.141. The number of amides is 1. The Balaban J connectivity index is 2.02. The minimum Gasteiger partial charge on any atom is -0.378 e. The molecule has 0 radical (unpaired) electrons. The molecule has 1 aliphatic rings. The molecule has 1 fully saturated rings. The van der Waals surface area contributed by atoms with E-state index in [0.717, 1.165) is 31.5 Å². The van der Waals surface area contributed by atoms with Crippen LogP contribution in [0.15, 0.2) is 24.3 Å². The van der Waals surface area contributed by atoms with Crippen LogP contribution in [0.4, 0.5) is 0 Å². The van der Waals surface area contributed by atoms with Crippen LogP contribution in [0.3, 0.4) is 0 Å². The van der Waals surface area contributed by atoms with Gasteiger partial charge in [-0.15, -0.1) is 0 Å². The molecule has 1 amide bonds. The van der Waals surface area contributed by atoms with Crippen molar-refractivity contribution in [1.82, 2.24) is 4.90 Å². The van der Waals surface area contributed by atoms with Gasteiger partial charge in [0, 0.05) is 13.1 Å². The van der Waals surface area contributed by atoms with Gasteiger partial charge in [-0.25, -0.2) is 0 Å². The van der Waals surface area contributed by atoms with E-state index < -0.39 is 6.10 Å². The predicted molar refractivity (Wildman–Crippen MR) is 71.1 cm³/mol. The van der Waals surface area contributed by atoms with Gasteiger partial charge in [-0.05, 0) is 31.2 Å². The second-order valence-corrected chi connectivity index (χ2v) is 5.32. The van der Waals surface area contributed by atoms with Crippen molar-refractivity contribution < 1.29 is 9.90 Å². The average Bonchev–Trinajstić information content (AvgIpc) is 2.39. The topological polar surface area (TPSA) is 40.5 Å². The molecule has 3 nitrogen and oxygen atoms in total. The Kier molecular flexibility index (Phi) is 4.02. The molecule has 0 aromatic heterocycles. The van der Waals surface area contributed by atoms with Crippen LogP contribution in [0.5, 0.6) is 0 Å². The van der Waals surface area contributed by atoms with E-state index in [1.54, 1.807) is 4.90 Å². The molecule has 0 saturated carbocycles. The number of aliphatic hydroxyl groups excluding tert-OH is 1. The van der Waals surface area contributed by atoms with Gasteiger partial charge >= 0.3 is 0 Å². The molecule has 1 aromatic carbocycles. The molecule has 1 atom stereocenters. The van der Waals surface area contributed by atoms with Gasteiger partial charge in [-0.2, -0.15) is 0 Å². The van der Waals surface area contributed by atoms with E-state index in [0.29, 0.717) is 11.5 Å². The first kappa shape index (κ1) is 13.1. The van der Waals surface area contributed by atoms with Crippen molar-refractivity contribution in [3.63, 3.8) is 0 Å². The maximum atomic E-state index is 12.2. The number of aliphatic hydroxyl groups is 1. The first-order valence-electron chi connectivity index (χ1n) is 6.61. The van der Waals surface area contributed by atoms with Crippen molar-refractivity contribution in [2.24, 2.45) is 5.92 Å². The quantitative estimate of drug-likeness (QED) is 0.871. The third-order valence-corrected chi connectivity index (χ3v) is 3.72. The normalized spacial score (nSPS) is 18.7. The lowest BCUT2D eigenvalue weighted by Crippen LogP contribution is -2.40. The van der Waals surface area contributed by atoms with Gasteiger partial charge in [0.05, 0.1) is 0 Å². The molecule has 3 heteroatoms. The van der Waals surface area contributed by atoms with E-state index in [4.69, 9.17) is 0 Å². The number of carbonyl (C=O) groups excluding carboxylic acids is 1. The Labute approximate surface area is 108 Å². The molecule has 1 saturated heterocycles. The summed E-state index contributed by atoms with van der Waals surface area (Å²) in [7, 11) is 0. The minimum atomic E-state index is -1.01. The van der Waals surface area contributed by atoms with Gasteiger partial charge in [-0.3, -0.25) is 4.79 Å². The smallest absolute Gasteiger partial charge is 0.256 e. The zero-order chi connectivity index (χ0) is 13.1. The average molecular weight is 247 g/mol. The summed E-state index contributed by atoms with van der Waals surface area (Å²) >= 11 is 0. The Morgan fingerprint density at radius 2 is 1.83 bits per heavy atom. The van der Waals surface area contributed by atoms with E-state index >= 15 is 0 Å². The van der Waals surface area contributed by atoms with Gasteiger partial charge < -0.3 is 10.0 Å². The Bertz CT molecular complexity index is 405. The number of piperidine rings is 1. The second kappa shape index (κ2) is 5.53. The number of nitrogens with zero attached hydrogens (tertiary/aromatic N) is 1. The summed E-state index contributed by atoms with van der Waals surface area (Å²) in [6.07, 6.45) is 1.05. The monoisotopic (exact) mass is 247 g/mol. The van der Waals surface area contributed by atoms with Crippen LogP contribution in [0.1, 0.15) is 37.0 Å². The van der Waals surface area contributed by atoms with Crippen LogP contribution in [-0.2, 0) is 4.79 Å². The zero-order valence-electron chi connectivity index (χ0n) is 11.1. The molecular weight excluding hydrogens is 226 g/mol. The molecule has 0 bridgehead atoms. The SMILES string of the molecule is Cc1ccc(C(O)C(=O)N2CCC(C)CC2)cc1. The first-order valence-corrected chi connectivity index (χ1v) is 6.61. The number of carbonyl (C=O) groups is 1. The van der Waals surface area contributed by atoms with Crippen molar-refractivity contribution >= 4 is 5.91 Å². The highest BCUT2D eigenvalue weighted by Gasteiger charge is 2.26. The fraction of sp³-hybridized carbons (Fsp3) is 0.533. The van der Waals surface area contributed by atoms with E-state index in [1.807, 2.05) is 31.2 Å². The van der Waals surface area contributed by atoms with Crippen LogP contribution in [0.25, 0.3) is 0 Å². The standard InChI is InChI=1S/C15H21NO2/c1-11-3-5-13(6-4-11)14(17)15(18)16-9-7-12(2)8-10-16/h3-6,12,14,17H,7-10H2,1-2H3. The van der Waals surface area contributed by atoms with E-state index in [-0.39, 0.29) is 5.91 Å². The first-order chi connectivity index (χ1) is 8.58. The molecule has 1 heterocycles. The van der Waals surface area contributed by atoms with Gasteiger partial charge in [0.25, 0.3) is 5.91 Å². The lowest BCUT2D eigenvalue weighted by atomic mass is 9.98. The van der Waals surface area contributed by atoms with Crippen LogP contribution in [-0.4, -0.2) is 29.0 Å². The van der Waals surface area contributed by atoms with Crippen LogP contribution in [0, 0.1) is 12.8 Å². The Hall–Kier alpha value is -1.35. The van der Waals surface area contributed by atoms with Crippen molar-refractivity contribution in [1.29, 1.82) is 0 Å². The molecule has 1 unspecified atom stereocenters. The summed E-state index contributed by atoms with van der Waals surface area (Å²) in [5, 5.41) is 10.1. The highest BCUT2D eigenvalue weighted by molar-refractivity contribution is 5.82. The maximum absolute atomic E-state index is 12.2. The summed E-state index contributed by atoms with van der Waals surface area (Å²) in [6, 6.07) is 7.49. The maximum Gasteiger partial charge on any atom is 0.256 e. The predicted octanol–water partition coefficient (Wildman–Crippen LogP) is 2.29. The van der Waals surface area contributed by atoms with E-state index in [9.17, 15) is 9.90 Å². The molecule has 0 aliphatic carbocycles. The molecule has 2 rings (SSSR count). The number of hydrogen-bond acceptors (Lipinski definition) is 2. The zero-order valence-corrected chi connectivity index (χ0v) is 11.1. The third kappa shape index (κ3) is 2.91. The summed E-state index contributed by atoms with van der Waals surface area (Å²) in [6.45, 7) is 5.73. The van der Waals surface area contributed by atoms with Gasteiger partial charge in [0.2, 0.25) is 0 Å². The van der Waals surface area contributed by atoms with Crippen LogP contribution < -0.4 is 0 Å². The highest BCUT2D eigenvalue weighted by atomic mass is 16.3. The van der Waals surface area contributed by atoms with Gasteiger partial charge in [0.1, 0.15) is 0 Å². The summed E-state index contributed by atoms with van der Waals surface area (Å²) in [4.78, 5) is 13.9. The third-order valence-electron chi connectivity index (χ3n) is 3.72. The number of benzene rings is 1. The largest absolute Gasteiger partial charge is 0.378 e. The van der Waals surface area contributed by atoms with E-state index in [1.165, 1.54) is 0 Å². The van der Waals surface area contributed by atoms with Gasteiger partial charge in [0.15, 0.2) is 6.10 Å². The summed E-state index contributed by atoms with van der Waals surface area (Å²) in [5.41, 5.74) is 1.81. The van der Waals surface area contributed by atoms with Gasteiger partial charge in [-0.1, -0.05) is 36.8 Å². The van der Waals surface area contributed by atoms with Crippen molar-refractivity contribution in [3.8, 4) is 0 Å². The molecular formula is C15H21NO2. The minimum absolute atomic E-state index is 0.161. The number of hydrogen-bond donors (Lipinski definition) is 1. The summed E-state index contributed by atoms with van der Waals surface area (Å²) in [5.74, 6) is 0.524. The highest BCUT2D eigenvalue weighted by Crippen LogP contribution is 2.21. The number of rotatable bonds is 2. The molecule has 1 aromatic rings. The summed E-state index contributed by atoms with van der Waals surface area (Å²) < 4.78 is 0. The molecule has 1 aliphatic heterocycles. The number of likely N-dealkylation sites (tertiary alicyclic amines) is 1. The Morgan fingerprint density at radius 1 is 1.28 bits per heavy atom. The van der Waals surface area contributed by atoms with Crippen LogP contribution in [0.2, 0.25) is 0 Å². The molecule has 0 spiro atoms. The number of aryl methyl sites for hydroxylation is 1. The van der Waals surface area contributed by atoms with E-state index in [2.05, 4.69) is 6.92 Å². The van der Waals surface area contributed by atoms with Crippen molar-refractivity contribution in [3.05, 3.63) is 35.4 Å². The van der Waals surface area contributed by atoms with Crippen molar-refractivity contribution in [2.75, 3.05) is 13.1 Å². The fourth-order valence-corrected chi connectivity index (χ4v) is 2.29. The lowest BCUT2D eigenvalue weighted by Gasteiger charge is -2.31. The molecule has 18 heavy (non-hydrogen) atoms. The second-order valence-electron chi connectivity index (χ2n) is 5.32. The fourth-order valence-electron chi connectivity index (χ4n) is 2.29. The molecule has 98 valence electrons. The molecule has 1 N–H and O–H groups in total. The Morgan fingerprint density at radius 3 is 2.39 bits per heavy atom. The van der Waals surface area contributed by atoms with Crippen LogP contribution >= 0.6 is 0 Å².